The number of ether oxygens (including phenoxy) is 2. The van der Waals surface area contributed by atoms with Gasteiger partial charge in [0.1, 0.15) is 23.0 Å². The number of hydrogen-bond acceptors (Lipinski definition) is 10. The van der Waals surface area contributed by atoms with Crippen molar-refractivity contribution < 1.29 is 46.9 Å². The summed E-state index contributed by atoms with van der Waals surface area (Å²) in [7, 11) is -8.45. The van der Waals surface area contributed by atoms with Gasteiger partial charge >= 0.3 is 15.2 Å². The fraction of sp³-hybridized carbons (Fsp3) is 0.442. The number of phenols is 2. The van der Waals surface area contributed by atoms with Gasteiger partial charge in [0.05, 0.1) is 39.6 Å². The van der Waals surface area contributed by atoms with E-state index in [1.165, 1.54) is 0 Å². The topological polar surface area (TPSA) is 130 Å². The highest BCUT2D eigenvalue weighted by molar-refractivity contribution is 7.72. The predicted octanol–water partition coefficient (Wildman–Crippen LogP) is 10.9. The van der Waals surface area contributed by atoms with Crippen LogP contribution >= 0.6 is 15.2 Å². The second-order valence-electron chi connectivity index (χ2n) is 13.5. The molecule has 10 nitrogen and oxygen atoms in total. The summed E-state index contributed by atoms with van der Waals surface area (Å²) >= 11 is 0. The van der Waals surface area contributed by atoms with Crippen molar-refractivity contribution in [3.8, 4) is 23.0 Å². The molecule has 8 bridgehead atoms. The number of benzene rings is 4. The van der Waals surface area contributed by atoms with Gasteiger partial charge in [0.15, 0.2) is 5.40 Å². The Morgan fingerprint density at radius 2 is 0.818 bits per heavy atom. The molecule has 4 aromatic rings. The summed E-state index contributed by atoms with van der Waals surface area (Å²) in [5.41, 5.74) is 6.18. The fourth-order valence-corrected chi connectivity index (χ4v) is 12.6. The Morgan fingerprint density at radius 3 is 1.15 bits per heavy atom. The number of fused-ring (bicyclic) bond motifs is 8. The molecule has 0 amide bonds. The lowest BCUT2D eigenvalue weighted by Gasteiger charge is -2.32. The molecule has 0 atom stereocenters. The first-order valence-electron chi connectivity index (χ1n) is 19.4. The Balaban J connectivity index is 1.86. The average molecular weight is 795 g/mol. The van der Waals surface area contributed by atoms with Crippen LogP contribution in [0.3, 0.4) is 0 Å². The number of aromatic hydroxyl groups is 2. The first-order chi connectivity index (χ1) is 26.6. The minimum absolute atomic E-state index is 0.0251. The van der Waals surface area contributed by atoms with Crippen LogP contribution in [-0.4, -0.2) is 49.9 Å². The molecule has 298 valence electrons. The molecule has 0 heterocycles. The van der Waals surface area contributed by atoms with Crippen LogP contribution in [0.4, 0.5) is 0 Å². The third kappa shape index (κ3) is 9.68. The lowest BCUT2D eigenvalue weighted by molar-refractivity contribution is 0.195. The molecule has 0 aliphatic heterocycles. The van der Waals surface area contributed by atoms with Crippen molar-refractivity contribution in [2.24, 2.45) is 0 Å². The summed E-state index contributed by atoms with van der Waals surface area (Å²) in [5, 5.41) is 22.4. The number of rotatable bonds is 17. The van der Waals surface area contributed by atoms with Crippen LogP contribution in [0, 0.1) is 0 Å². The van der Waals surface area contributed by atoms with Crippen LogP contribution < -0.4 is 9.47 Å². The van der Waals surface area contributed by atoms with Gasteiger partial charge in [0, 0.05) is 25.7 Å². The zero-order valence-corrected chi connectivity index (χ0v) is 34.8. The molecule has 1 aliphatic rings. The van der Waals surface area contributed by atoms with Gasteiger partial charge in [-0.3, -0.25) is 9.13 Å². The molecule has 1 aliphatic carbocycles. The summed E-state index contributed by atoms with van der Waals surface area (Å²) in [5.74, 6) is 1.58. The molecular formula is C43H56O10P2. The number of hydrogen-bond donors (Lipinski definition) is 2. The molecule has 12 heteroatoms. The van der Waals surface area contributed by atoms with E-state index in [0.29, 0.717) is 54.2 Å². The monoisotopic (exact) mass is 794 g/mol. The Hall–Kier alpha value is -3.62. The maximum Gasteiger partial charge on any atom is 0.350 e. The maximum atomic E-state index is 14.9. The molecule has 0 aromatic heterocycles. The Kier molecular flexibility index (Phi) is 15.1. The third-order valence-corrected chi connectivity index (χ3v) is 15.4. The number of para-hydroxylation sites is 3. The van der Waals surface area contributed by atoms with Crippen LogP contribution in [0.1, 0.15) is 110 Å². The van der Waals surface area contributed by atoms with Crippen LogP contribution in [-0.2, 0) is 52.9 Å². The molecule has 0 saturated heterocycles. The van der Waals surface area contributed by atoms with Crippen molar-refractivity contribution >= 4 is 15.2 Å². The van der Waals surface area contributed by atoms with E-state index in [0.717, 1.165) is 46.2 Å². The molecule has 2 N–H and O–H groups in total. The van der Waals surface area contributed by atoms with E-state index in [1.54, 1.807) is 39.8 Å². The van der Waals surface area contributed by atoms with Crippen LogP contribution in [0.5, 0.6) is 23.0 Å². The average Bonchev–Trinajstić information content (AvgIpc) is 3.14. The molecule has 0 unspecified atom stereocenters. The smallest absolute Gasteiger partial charge is 0.350 e. The van der Waals surface area contributed by atoms with E-state index in [1.807, 2.05) is 68.4 Å². The lowest BCUT2D eigenvalue weighted by Crippen LogP contribution is -2.13. The van der Waals surface area contributed by atoms with Gasteiger partial charge in [-0.2, -0.15) is 0 Å². The van der Waals surface area contributed by atoms with Gasteiger partial charge in [-0.25, -0.2) is 0 Å². The molecule has 0 spiro atoms. The van der Waals surface area contributed by atoms with Crippen molar-refractivity contribution in [2.45, 2.75) is 85.5 Å². The highest BCUT2D eigenvalue weighted by Crippen LogP contribution is 2.78. The van der Waals surface area contributed by atoms with Gasteiger partial charge in [-0.1, -0.05) is 80.6 Å². The summed E-state index contributed by atoms with van der Waals surface area (Å²) in [4.78, 5) is 0. The SMILES string of the molecule is CCCOc1c2cccc1Cc1cc(C(P(=O)(OCC)OCC)P(=O)(OCC)OCC)cc(c1O)Cc1cccc(c1OCCC)Cc1cccc(c1O)C2. The van der Waals surface area contributed by atoms with Gasteiger partial charge in [0.2, 0.25) is 0 Å². The van der Waals surface area contributed by atoms with Crippen LogP contribution in [0.2, 0.25) is 0 Å². The Labute approximate surface area is 326 Å². The second-order valence-corrected chi connectivity index (χ2v) is 18.1. The van der Waals surface area contributed by atoms with Crippen molar-refractivity contribution in [2.75, 3.05) is 39.6 Å². The van der Waals surface area contributed by atoms with E-state index < -0.39 is 20.6 Å². The minimum Gasteiger partial charge on any atom is -0.507 e. The molecule has 55 heavy (non-hydrogen) atoms. The zero-order valence-electron chi connectivity index (χ0n) is 33.0. The normalized spacial score (nSPS) is 13.2. The van der Waals surface area contributed by atoms with Gasteiger partial charge < -0.3 is 37.8 Å². The minimum atomic E-state index is -4.23. The predicted molar refractivity (Wildman–Crippen MR) is 216 cm³/mol. The first kappa shape index (κ1) is 42.5. The second kappa shape index (κ2) is 19.5. The fourth-order valence-electron chi connectivity index (χ4n) is 7.18. The molecule has 0 fully saturated rings. The quantitative estimate of drug-likeness (QED) is 0.0877. The first-order valence-corrected chi connectivity index (χ1v) is 22.7. The van der Waals surface area contributed by atoms with Crippen LogP contribution in [0.25, 0.3) is 0 Å². The summed E-state index contributed by atoms with van der Waals surface area (Å²) in [6.45, 7) is 11.9. The van der Waals surface area contributed by atoms with E-state index in [-0.39, 0.29) is 50.8 Å². The van der Waals surface area contributed by atoms with Gasteiger partial charge in [-0.15, -0.1) is 0 Å². The van der Waals surface area contributed by atoms with Gasteiger partial charge in [-0.05, 0) is 90.6 Å². The standard InChI is InChI=1S/C43H56O10P2/c1-7-22-48-41-32-18-14-20-34(41)26-36-28-38(43(54(46,50-9-3)51-10-4)55(47,52-11-5)53-12-6)29-37(40(36)45)27-35-21-15-19-33(42(35)49-23-8-2)25-31-17-13-16-30(24-32)39(31)44/h13-21,28-29,43-45H,7-12,22-27H2,1-6H3. The van der Waals surface area contributed by atoms with Crippen molar-refractivity contribution in [1.29, 1.82) is 0 Å². The molecule has 0 saturated carbocycles. The van der Waals surface area contributed by atoms with E-state index in [9.17, 15) is 19.3 Å². The van der Waals surface area contributed by atoms with Gasteiger partial charge in [0.25, 0.3) is 0 Å². The van der Waals surface area contributed by atoms with E-state index >= 15 is 0 Å². The largest absolute Gasteiger partial charge is 0.507 e. The summed E-state index contributed by atoms with van der Waals surface area (Å²) in [6.07, 6.45) is 2.77. The Morgan fingerprint density at radius 1 is 0.509 bits per heavy atom. The summed E-state index contributed by atoms with van der Waals surface area (Å²) in [6, 6.07) is 21.0. The molecule has 0 radical (unpaired) electrons. The van der Waals surface area contributed by atoms with Crippen molar-refractivity contribution in [1.82, 2.24) is 0 Å². The Bertz CT molecular complexity index is 1860. The number of phenolic OH excluding ortho intramolecular Hbond substituents is 2. The highest BCUT2D eigenvalue weighted by atomic mass is 31.2. The zero-order chi connectivity index (χ0) is 39.6. The molecule has 5 rings (SSSR count). The van der Waals surface area contributed by atoms with E-state index in [2.05, 4.69) is 0 Å². The third-order valence-electron chi connectivity index (χ3n) is 9.41. The lowest BCUT2D eigenvalue weighted by atomic mass is 9.90. The van der Waals surface area contributed by atoms with Crippen LogP contribution in [0.15, 0.2) is 66.7 Å². The van der Waals surface area contributed by atoms with Crippen molar-refractivity contribution in [3.05, 3.63) is 117 Å². The maximum absolute atomic E-state index is 14.9. The highest BCUT2D eigenvalue weighted by Gasteiger charge is 2.52. The molecule has 4 aromatic carbocycles. The van der Waals surface area contributed by atoms with E-state index in [4.69, 9.17) is 27.6 Å². The van der Waals surface area contributed by atoms with Crippen molar-refractivity contribution in [3.63, 3.8) is 0 Å². The summed E-state index contributed by atoms with van der Waals surface area (Å²) < 4.78 is 66.2. The molecular weight excluding hydrogens is 738 g/mol.